The maximum atomic E-state index is 13.6. The van der Waals surface area contributed by atoms with Crippen LogP contribution in [0.2, 0.25) is 0 Å². The maximum Gasteiger partial charge on any atom is 0.128 e. The van der Waals surface area contributed by atoms with E-state index >= 15 is 0 Å². The lowest BCUT2D eigenvalue weighted by atomic mass is 9.98. The van der Waals surface area contributed by atoms with Crippen LogP contribution in [0.1, 0.15) is 31.0 Å². The summed E-state index contributed by atoms with van der Waals surface area (Å²) < 4.78 is 26.8. The van der Waals surface area contributed by atoms with E-state index in [1.165, 1.54) is 17.4 Å². The van der Waals surface area contributed by atoms with Crippen LogP contribution < -0.4 is 5.32 Å². The van der Waals surface area contributed by atoms with Gasteiger partial charge in [-0.15, -0.1) is 0 Å². The van der Waals surface area contributed by atoms with E-state index in [0.29, 0.717) is 0 Å². The standard InChI is InChI=1S/C15H17F2NOS/c1-10(13-7-12(16)3-4-14(13)17)18-9-15(2,19)11-5-6-20-8-11/h3-8,10,18-19H,9H2,1-2H3. The monoisotopic (exact) mass is 297 g/mol. The lowest BCUT2D eigenvalue weighted by molar-refractivity contribution is 0.0547. The van der Waals surface area contributed by atoms with Crippen molar-refractivity contribution in [3.8, 4) is 0 Å². The van der Waals surface area contributed by atoms with Crippen molar-refractivity contribution in [2.75, 3.05) is 6.54 Å². The average molecular weight is 297 g/mol. The Hall–Kier alpha value is -1.30. The van der Waals surface area contributed by atoms with E-state index in [2.05, 4.69) is 5.32 Å². The van der Waals surface area contributed by atoms with E-state index in [4.69, 9.17) is 0 Å². The number of benzene rings is 1. The van der Waals surface area contributed by atoms with Crippen LogP contribution in [0.4, 0.5) is 8.78 Å². The molecule has 2 aromatic rings. The summed E-state index contributed by atoms with van der Waals surface area (Å²) in [5, 5.41) is 17.2. The molecule has 0 bridgehead atoms. The van der Waals surface area contributed by atoms with Crippen molar-refractivity contribution < 1.29 is 13.9 Å². The highest BCUT2D eigenvalue weighted by atomic mass is 32.1. The summed E-state index contributed by atoms with van der Waals surface area (Å²) in [7, 11) is 0. The Kier molecular flexibility index (Phi) is 4.52. The molecule has 20 heavy (non-hydrogen) atoms. The molecule has 0 fully saturated rings. The molecule has 0 aliphatic rings. The van der Waals surface area contributed by atoms with Crippen molar-refractivity contribution in [1.29, 1.82) is 0 Å². The van der Waals surface area contributed by atoms with Gasteiger partial charge in [-0.2, -0.15) is 11.3 Å². The molecule has 2 atom stereocenters. The molecule has 108 valence electrons. The first-order chi connectivity index (χ1) is 9.40. The van der Waals surface area contributed by atoms with E-state index in [1.54, 1.807) is 13.8 Å². The van der Waals surface area contributed by atoms with Crippen LogP contribution in [0.15, 0.2) is 35.0 Å². The van der Waals surface area contributed by atoms with Crippen molar-refractivity contribution >= 4 is 11.3 Å². The first kappa shape index (κ1) is 15.1. The zero-order chi connectivity index (χ0) is 14.8. The molecule has 5 heteroatoms. The minimum Gasteiger partial charge on any atom is -0.384 e. The van der Waals surface area contributed by atoms with Crippen LogP contribution in [0.5, 0.6) is 0 Å². The highest BCUT2D eigenvalue weighted by Crippen LogP contribution is 2.24. The SMILES string of the molecule is CC(NCC(C)(O)c1ccsc1)c1cc(F)ccc1F. The molecule has 1 aromatic carbocycles. The van der Waals surface area contributed by atoms with Gasteiger partial charge in [0.15, 0.2) is 0 Å². The molecule has 2 nitrogen and oxygen atoms in total. The fraction of sp³-hybridized carbons (Fsp3) is 0.333. The van der Waals surface area contributed by atoms with Gasteiger partial charge in [-0.3, -0.25) is 0 Å². The fourth-order valence-corrected chi connectivity index (χ4v) is 2.76. The normalized spacial score (nSPS) is 15.8. The maximum absolute atomic E-state index is 13.6. The molecule has 0 saturated carbocycles. The summed E-state index contributed by atoms with van der Waals surface area (Å²) in [5.74, 6) is -0.929. The van der Waals surface area contributed by atoms with Crippen LogP contribution >= 0.6 is 11.3 Å². The Morgan fingerprint density at radius 3 is 2.75 bits per heavy atom. The van der Waals surface area contributed by atoms with Crippen LogP contribution in [-0.2, 0) is 5.60 Å². The lowest BCUT2D eigenvalue weighted by Crippen LogP contribution is -2.36. The molecule has 0 spiro atoms. The minimum absolute atomic E-state index is 0.251. The van der Waals surface area contributed by atoms with Gasteiger partial charge >= 0.3 is 0 Å². The quantitative estimate of drug-likeness (QED) is 0.884. The van der Waals surface area contributed by atoms with Crippen molar-refractivity contribution in [3.63, 3.8) is 0 Å². The smallest absolute Gasteiger partial charge is 0.128 e. The van der Waals surface area contributed by atoms with Gasteiger partial charge in [0.1, 0.15) is 17.2 Å². The molecular weight excluding hydrogens is 280 g/mol. The average Bonchev–Trinajstić information content (AvgIpc) is 2.93. The molecule has 0 aliphatic heterocycles. The summed E-state index contributed by atoms with van der Waals surface area (Å²) in [4.78, 5) is 0. The molecular formula is C15H17F2NOS. The molecule has 2 rings (SSSR count). The van der Waals surface area contributed by atoms with Crippen molar-refractivity contribution in [2.45, 2.75) is 25.5 Å². The van der Waals surface area contributed by atoms with Gasteiger partial charge in [-0.05, 0) is 54.4 Å². The topological polar surface area (TPSA) is 32.3 Å². The number of halogens is 2. The summed E-state index contributed by atoms with van der Waals surface area (Å²) in [6.07, 6.45) is 0. The van der Waals surface area contributed by atoms with Crippen LogP contribution in [0, 0.1) is 11.6 Å². The second kappa shape index (κ2) is 5.99. The molecule has 1 heterocycles. The zero-order valence-electron chi connectivity index (χ0n) is 11.4. The van der Waals surface area contributed by atoms with Crippen molar-refractivity contribution in [3.05, 3.63) is 57.8 Å². The van der Waals surface area contributed by atoms with E-state index in [0.717, 1.165) is 17.7 Å². The summed E-state index contributed by atoms with van der Waals surface area (Å²) in [6.45, 7) is 3.68. The number of aliphatic hydroxyl groups is 1. The highest BCUT2D eigenvalue weighted by Gasteiger charge is 2.24. The molecule has 0 saturated heterocycles. The van der Waals surface area contributed by atoms with Gasteiger partial charge in [-0.25, -0.2) is 8.78 Å². The Morgan fingerprint density at radius 1 is 1.35 bits per heavy atom. The molecule has 2 unspecified atom stereocenters. The predicted molar refractivity (Wildman–Crippen MR) is 76.7 cm³/mol. The second-order valence-electron chi connectivity index (χ2n) is 5.05. The Morgan fingerprint density at radius 2 is 2.10 bits per heavy atom. The zero-order valence-corrected chi connectivity index (χ0v) is 12.2. The number of nitrogens with one attached hydrogen (secondary N) is 1. The van der Waals surface area contributed by atoms with Crippen molar-refractivity contribution in [1.82, 2.24) is 5.32 Å². The summed E-state index contributed by atoms with van der Waals surface area (Å²) >= 11 is 1.50. The van der Waals surface area contributed by atoms with E-state index in [1.807, 2.05) is 16.8 Å². The molecule has 0 aliphatic carbocycles. The summed E-state index contributed by atoms with van der Waals surface area (Å²) in [6, 6.07) is 4.83. The highest BCUT2D eigenvalue weighted by molar-refractivity contribution is 7.08. The Balaban J connectivity index is 2.05. The third-order valence-electron chi connectivity index (χ3n) is 3.32. The molecule has 0 amide bonds. The third-order valence-corrected chi connectivity index (χ3v) is 4.00. The van der Waals surface area contributed by atoms with Gasteiger partial charge in [0.05, 0.1) is 0 Å². The van der Waals surface area contributed by atoms with Gasteiger partial charge in [0, 0.05) is 18.2 Å². The molecule has 0 radical (unpaired) electrons. The number of thiophene rings is 1. The third kappa shape index (κ3) is 3.42. The largest absolute Gasteiger partial charge is 0.384 e. The molecule has 2 N–H and O–H groups in total. The predicted octanol–water partition coefficient (Wildman–Crippen LogP) is 3.58. The first-order valence-electron chi connectivity index (χ1n) is 6.33. The van der Waals surface area contributed by atoms with E-state index in [9.17, 15) is 13.9 Å². The second-order valence-corrected chi connectivity index (χ2v) is 5.83. The van der Waals surface area contributed by atoms with E-state index < -0.39 is 23.3 Å². The van der Waals surface area contributed by atoms with Gasteiger partial charge < -0.3 is 10.4 Å². The van der Waals surface area contributed by atoms with Crippen molar-refractivity contribution in [2.24, 2.45) is 0 Å². The number of rotatable bonds is 5. The number of hydrogen-bond donors (Lipinski definition) is 2. The first-order valence-corrected chi connectivity index (χ1v) is 7.28. The fourth-order valence-electron chi connectivity index (χ4n) is 1.98. The van der Waals surface area contributed by atoms with Gasteiger partial charge in [0.25, 0.3) is 0 Å². The molecule has 1 aromatic heterocycles. The Bertz CT molecular complexity index is 569. The van der Waals surface area contributed by atoms with Gasteiger partial charge in [0.2, 0.25) is 0 Å². The lowest BCUT2D eigenvalue weighted by Gasteiger charge is -2.25. The van der Waals surface area contributed by atoms with Gasteiger partial charge in [-0.1, -0.05) is 0 Å². The Labute approximate surface area is 121 Å². The van der Waals surface area contributed by atoms with E-state index in [-0.39, 0.29) is 12.1 Å². The van der Waals surface area contributed by atoms with Crippen LogP contribution in [0.3, 0.4) is 0 Å². The van der Waals surface area contributed by atoms with Crippen LogP contribution in [0.25, 0.3) is 0 Å². The van der Waals surface area contributed by atoms with Crippen LogP contribution in [-0.4, -0.2) is 11.7 Å². The summed E-state index contributed by atoms with van der Waals surface area (Å²) in [5.41, 5.74) is 0.0194. The minimum atomic E-state index is -1.04. The number of hydrogen-bond acceptors (Lipinski definition) is 3.